The number of fused-ring (bicyclic) bond motifs is 1. The molecule has 2 aromatic rings. The molecule has 6 nitrogen and oxygen atoms in total. The van der Waals surface area contributed by atoms with Gasteiger partial charge in [-0.1, -0.05) is 0 Å². The lowest BCUT2D eigenvalue weighted by Crippen LogP contribution is -2.11. The number of amides is 1. The first-order valence-corrected chi connectivity index (χ1v) is 4.37. The quantitative estimate of drug-likeness (QED) is 0.739. The van der Waals surface area contributed by atoms with Crippen LogP contribution in [0.2, 0.25) is 0 Å². The number of anilines is 1. The summed E-state index contributed by atoms with van der Waals surface area (Å²) in [5, 5.41) is 9.90. The largest absolute Gasteiger partial charge is 0.453 e. The fraction of sp³-hybridized carbons (Fsp3) is 0.222. The summed E-state index contributed by atoms with van der Waals surface area (Å²) < 4.78 is 4.47. The molecule has 0 saturated heterocycles. The molecule has 2 heterocycles. The SMILES string of the molecule is COC(=O)Nc1n[nH]c2nc(C)ccc12. The molecule has 2 rings (SSSR count). The van der Waals surface area contributed by atoms with Crippen LogP contribution in [0.15, 0.2) is 12.1 Å². The summed E-state index contributed by atoms with van der Waals surface area (Å²) in [5.74, 6) is 0.421. The van der Waals surface area contributed by atoms with E-state index in [1.165, 1.54) is 7.11 Å². The van der Waals surface area contributed by atoms with Crippen molar-refractivity contribution in [1.29, 1.82) is 0 Å². The van der Waals surface area contributed by atoms with Crippen LogP contribution in [0.3, 0.4) is 0 Å². The predicted molar refractivity (Wildman–Crippen MR) is 54.7 cm³/mol. The molecule has 0 spiro atoms. The van der Waals surface area contributed by atoms with Crippen molar-refractivity contribution in [2.75, 3.05) is 12.4 Å². The average Bonchev–Trinajstić information content (AvgIpc) is 2.60. The van der Waals surface area contributed by atoms with Crippen molar-refractivity contribution in [1.82, 2.24) is 15.2 Å². The second-order valence-corrected chi connectivity index (χ2v) is 3.04. The summed E-state index contributed by atoms with van der Waals surface area (Å²) in [5.41, 5.74) is 1.53. The van der Waals surface area contributed by atoms with E-state index in [-0.39, 0.29) is 0 Å². The molecule has 0 aliphatic carbocycles. The average molecular weight is 206 g/mol. The summed E-state index contributed by atoms with van der Waals surface area (Å²) in [7, 11) is 1.30. The molecule has 0 bridgehead atoms. The summed E-state index contributed by atoms with van der Waals surface area (Å²) in [6.45, 7) is 1.88. The highest BCUT2D eigenvalue weighted by atomic mass is 16.5. The van der Waals surface area contributed by atoms with Crippen LogP contribution < -0.4 is 5.32 Å². The number of aromatic amines is 1. The normalized spacial score (nSPS) is 10.3. The van der Waals surface area contributed by atoms with Gasteiger partial charge in [-0.05, 0) is 19.1 Å². The van der Waals surface area contributed by atoms with Crippen LogP contribution in [0.1, 0.15) is 5.69 Å². The number of aryl methyl sites for hydroxylation is 1. The van der Waals surface area contributed by atoms with Gasteiger partial charge >= 0.3 is 6.09 Å². The number of nitrogens with zero attached hydrogens (tertiary/aromatic N) is 2. The van der Waals surface area contributed by atoms with Crippen LogP contribution in [0, 0.1) is 6.92 Å². The Balaban J connectivity index is 2.41. The van der Waals surface area contributed by atoms with Crippen molar-refractivity contribution in [3.63, 3.8) is 0 Å². The number of carbonyl (C=O) groups is 1. The van der Waals surface area contributed by atoms with Crippen molar-refractivity contribution >= 4 is 22.9 Å². The fourth-order valence-electron chi connectivity index (χ4n) is 1.25. The number of rotatable bonds is 1. The highest BCUT2D eigenvalue weighted by molar-refractivity contribution is 5.95. The number of hydrogen-bond donors (Lipinski definition) is 2. The van der Waals surface area contributed by atoms with Crippen LogP contribution in [0.25, 0.3) is 11.0 Å². The van der Waals surface area contributed by atoms with E-state index in [9.17, 15) is 4.79 Å². The van der Waals surface area contributed by atoms with E-state index in [1.54, 1.807) is 0 Å². The monoisotopic (exact) mass is 206 g/mol. The Morgan fingerprint density at radius 2 is 2.33 bits per heavy atom. The summed E-state index contributed by atoms with van der Waals surface area (Å²) >= 11 is 0. The maximum atomic E-state index is 11.0. The summed E-state index contributed by atoms with van der Waals surface area (Å²) in [6, 6.07) is 3.69. The number of H-pyrrole nitrogens is 1. The number of aromatic nitrogens is 3. The molecular weight excluding hydrogens is 196 g/mol. The molecule has 0 aliphatic rings. The Morgan fingerprint density at radius 1 is 1.53 bits per heavy atom. The molecule has 0 radical (unpaired) electrons. The third-order valence-electron chi connectivity index (χ3n) is 1.97. The Labute approximate surface area is 85.6 Å². The standard InChI is InChI=1S/C9H10N4O2/c1-5-3-4-6-7(10-5)12-13-8(6)11-9(14)15-2/h3-4H,1-2H3,(H2,10,11,12,13,14). The Morgan fingerprint density at radius 3 is 3.07 bits per heavy atom. The zero-order valence-electron chi connectivity index (χ0n) is 8.37. The maximum Gasteiger partial charge on any atom is 0.412 e. The first-order valence-electron chi connectivity index (χ1n) is 4.37. The number of carbonyl (C=O) groups excluding carboxylic acids is 1. The first-order chi connectivity index (χ1) is 7.20. The van der Waals surface area contributed by atoms with Crippen molar-refractivity contribution in [3.8, 4) is 0 Å². The smallest absolute Gasteiger partial charge is 0.412 e. The van der Waals surface area contributed by atoms with E-state index >= 15 is 0 Å². The van der Waals surface area contributed by atoms with Gasteiger partial charge in [-0.3, -0.25) is 10.4 Å². The minimum Gasteiger partial charge on any atom is -0.453 e. The van der Waals surface area contributed by atoms with Gasteiger partial charge in [0.05, 0.1) is 12.5 Å². The number of methoxy groups -OCH3 is 1. The van der Waals surface area contributed by atoms with Crippen LogP contribution in [-0.4, -0.2) is 28.4 Å². The number of pyridine rings is 1. The molecule has 0 saturated carbocycles. The van der Waals surface area contributed by atoms with E-state index in [0.29, 0.717) is 11.5 Å². The summed E-state index contributed by atoms with van der Waals surface area (Å²) in [6.07, 6.45) is -0.552. The molecule has 0 atom stereocenters. The zero-order chi connectivity index (χ0) is 10.8. The summed E-state index contributed by atoms with van der Waals surface area (Å²) in [4.78, 5) is 15.2. The fourth-order valence-corrected chi connectivity index (χ4v) is 1.25. The van der Waals surface area contributed by atoms with Gasteiger partial charge in [0.2, 0.25) is 0 Å². The number of hydrogen-bond acceptors (Lipinski definition) is 4. The van der Waals surface area contributed by atoms with Crippen molar-refractivity contribution in [2.24, 2.45) is 0 Å². The van der Waals surface area contributed by atoms with Crippen LogP contribution >= 0.6 is 0 Å². The van der Waals surface area contributed by atoms with E-state index in [0.717, 1.165) is 11.1 Å². The first kappa shape index (κ1) is 9.45. The van der Waals surface area contributed by atoms with Crippen molar-refractivity contribution in [2.45, 2.75) is 6.92 Å². The number of ether oxygens (including phenoxy) is 1. The molecular formula is C9H10N4O2. The van der Waals surface area contributed by atoms with E-state index in [4.69, 9.17) is 0 Å². The van der Waals surface area contributed by atoms with Crippen molar-refractivity contribution in [3.05, 3.63) is 17.8 Å². The maximum absolute atomic E-state index is 11.0. The van der Waals surface area contributed by atoms with Crippen LogP contribution in [0.5, 0.6) is 0 Å². The van der Waals surface area contributed by atoms with Gasteiger partial charge in [0.1, 0.15) is 0 Å². The minimum absolute atomic E-state index is 0.421. The lowest BCUT2D eigenvalue weighted by Gasteiger charge is -1.99. The lowest BCUT2D eigenvalue weighted by atomic mass is 10.3. The number of nitrogens with one attached hydrogen (secondary N) is 2. The van der Waals surface area contributed by atoms with Gasteiger partial charge in [0, 0.05) is 5.69 Å². The second-order valence-electron chi connectivity index (χ2n) is 3.04. The van der Waals surface area contributed by atoms with Gasteiger partial charge in [0.25, 0.3) is 0 Å². The molecule has 2 aromatic heterocycles. The van der Waals surface area contributed by atoms with Crippen molar-refractivity contribution < 1.29 is 9.53 Å². The second kappa shape index (κ2) is 3.56. The van der Waals surface area contributed by atoms with Crippen LogP contribution in [-0.2, 0) is 4.74 Å². The molecule has 15 heavy (non-hydrogen) atoms. The third-order valence-corrected chi connectivity index (χ3v) is 1.97. The Hall–Kier alpha value is -2.11. The van der Waals surface area contributed by atoms with E-state index < -0.39 is 6.09 Å². The minimum atomic E-state index is -0.552. The van der Waals surface area contributed by atoms with E-state index in [1.807, 2.05) is 19.1 Å². The molecule has 0 aromatic carbocycles. The Bertz CT molecular complexity index is 506. The highest BCUT2D eigenvalue weighted by Gasteiger charge is 2.09. The molecule has 78 valence electrons. The van der Waals surface area contributed by atoms with E-state index in [2.05, 4.69) is 25.2 Å². The van der Waals surface area contributed by atoms with Gasteiger partial charge < -0.3 is 4.74 Å². The highest BCUT2D eigenvalue weighted by Crippen LogP contribution is 2.18. The van der Waals surface area contributed by atoms with Gasteiger partial charge in [0.15, 0.2) is 11.5 Å². The topological polar surface area (TPSA) is 79.9 Å². The molecule has 0 fully saturated rings. The molecule has 1 amide bonds. The zero-order valence-corrected chi connectivity index (χ0v) is 8.37. The van der Waals surface area contributed by atoms with Crippen LogP contribution in [0.4, 0.5) is 10.6 Å². The molecule has 6 heteroatoms. The molecule has 0 unspecified atom stereocenters. The molecule has 0 aliphatic heterocycles. The van der Waals surface area contributed by atoms with Gasteiger partial charge in [-0.2, -0.15) is 5.10 Å². The Kier molecular flexibility index (Phi) is 2.24. The molecule has 2 N–H and O–H groups in total. The predicted octanol–water partition coefficient (Wildman–Crippen LogP) is 1.44. The van der Waals surface area contributed by atoms with Gasteiger partial charge in [-0.25, -0.2) is 9.78 Å². The van der Waals surface area contributed by atoms with Gasteiger partial charge in [-0.15, -0.1) is 0 Å². The third kappa shape index (κ3) is 1.74. The lowest BCUT2D eigenvalue weighted by molar-refractivity contribution is 0.187.